The lowest BCUT2D eigenvalue weighted by molar-refractivity contribution is 0.419. The minimum Gasteiger partial charge on any atom is -0.494 e. The Bertz CT molecular complexity index is 569. The maximum absolute atomic E-state index is 5.44. The monoisotopic (exact) mass is 228 g/mol. The van der Waals surface area contributed by atoms with Crippen molar-refractivity contribution in [3.63, 3.8) is 0 Å². The molecule has 0 unspecified atom stereocenters. The molecule has 0 atom stereocenters. The van der Waals surface area contributed by atoms with Gasteiger partial charge in [-0.25, -0.2) is 0 Å². The number of fused-ring (bicyclic) bond motifs is 1. The molecular weight excluding hydrogens is 212 g/mol. The zero-order valence-corrected chi connectivity index (χ0v) is 9.94. The molecule has 2 aromatic rings. The van der Waals surface area contributed by atoms with Gasteiger partial charge in [-0.2, -0.15) is 0 Å². The fourth-order valence-electron chi connectivity index (χ4n) is 2.38. The van der Waals surface area contributed by atoms with E-state index in [0.717, 1.165) is 25.3 Å². The van der Waals surface area contributed by atoms with Crippen LogP contribution in [0, 0.1) is 0 Å². The summed E-state index contributed by atoms with van der Waals surface area (Å²) in [5.41, 5.74) is 2.57. The van der Waals surface area contributed by atoms with Gasteiger partial charge in [0, 0.05) is 30.6 Å². The number of nitrogens with zero attached hydrogens (tertiary/aromatic N) is 1. The van der Waals surface area contributed by atoms with E-state index in [9.17, 15) is 0 Å². The summed E-state index contributed by atoms with van der Waals surface area (Å²) in [5.74, 6) is 0.944. The van der Waals surface area contributed by atoms with Gasteiger partial charge in [-0.05, 0) is 12.1 Å². The number of aromatic nitrogens is 1. The van der Waals surface area contributed by atoms with Gasteiger partial charge in [0.15, 0.2) is 0 Å². The van der Waals surface area contributed by atoms with Gasteiger partial charge in [-0.15, -0.1) is 0 Å². The average molecular weight is 228 g/mol. The number of ether oxygens (including phenoxy) is 1. The molecule has 3 nitrogen and oxygen atoms in total. The molecule has 1 aromatic carbocycles. The van der Waals surface area contributed by atoms with E-state index >= 15 is 0 Å². The van der Waals surface area contributed by atoms with Crippen LogP contribution in [0.25, 0.3) is 16.6 Å². The van der Waals surface area contributed by atoms with Gasteiger partial charge in [-0.3, -0.25) is 0 Å². The number of rotatable bonds is 2. The van der Waals surface area contributed by atoms with Crippen molar-refractivity contribution in [3.05, 3.63) is 36.5 Å². The second kappa shape index (κ2) is 4.26. The van der Waals surface area contributed by atoms with Crippen LogP contribution in [0.1, 0.15) is 6.42 Å². The first-order valence-electron chi connectivity index (χ1n) is 5.94. The summed E-state index contributed by atoms with van der Waals surface area (Å²) in [7, 11) is 1.73. The number of nitrogens with one attached hydrogen (secondary N) is 1. The summed E-state index contributed by atoms with van der Waals surface area (Å²) in [6, 6.07) is 8.36. The number of benzene rings is 1. The highest BCUT2D eigenvalue weighted by molar-refractivity contribution is 5.89. The summed E-state index contributed by atoms with van der Waals surface area (Å²) in [6.45, 7) is 1.99. The Morgan fingerprint density at radius 3 is 2.94 bits per heavy atom. The van der Waals surface area contributed by atoms with Gasteiger partial charge >= 0.3 is 0 Å². The lowest BCUT2D eigenvalue weighted by Gasteiger charge is -2.15. The Balaban J connectivity index is 2.19. The van der Waals surface area contributed by atoms with Crippen molar-refractivity contribution in [2.45, 2.75) is 6.42 Å². The lowest BCUT2D eigenvalue weighted by atomic mass is 10.2. The number of methoxy groups -OCH3 is 1. The van der Waals surface area contributed by atoms with E-state index < -0.39 is 0 Å². The van der Waals surface area contributed by atoms with Crippen molar-refractivity contribution >= 4 is 16.6 Å². The molecule has 0 saturated carbocycles. The maximum Gasteiger partial charge on any atom is 0.144 e. The van der Waals surface area contributed by atoms with Crippen LogP contribution < -0.4 is 10.1 Å². The van der Waals surface area contributed by atoms with Crippen molar-refractivity contribution in [2.75, 3.05) is 20.2 Å². The maximum atomic E-state index is 5.44. The van der Waals surface area contributed by atoms with E-state index in [1.807, 2.05) is 6.07 Å². The smallest absolute Gasteiger partial charge is 0.144 e. The SMILES string of the molecule is COc1cn(C2=CCNCC2)c2ccccc12. The summed E-state index contributed by atoms with van der Waals surface area (Å²) in [6.07, 6.45) is 5.39. The molecule has 17 heavy (non-hydrogen) atoms. The summed E-state index contributed by atoms with van der Waals surface area (Å²) in [4.78, 5) is 0. The van der Waals surface area contributed by atoms with Gasteiger partial charge < -0.3 is 14.6 Å². The molecule has 1 N–H and O–H groups in total. The summed E-state index contributed by atoms with van der Waals surface area (Å²) in [5, 5.41) is 4.51. The van der Waals surface area contributed by atoms with Crippen molar-refractivity contribution in [2.24, 2.45) is 0 Å². The van der Waals surface area contributed by atoms with Gasteiger partial charge in [0.05, 0.1) is 18.8 Å². The standard InChI is InChI=1S/C14H16N2O/c1-17-14-10-16(11-6-8-15-9-7-11)13-5-3-2-4-12(13)14/h2-6,10,15H,7-9H2,1H3. The Labute approximate surface area is 101 Å². The predicted molar refractivity (Wildman–Crippen MR) is 70.2 cm³/mol. The van der Waals surface area contributed by atoms with E-state index in [-0.39, 0.29) is 0 Å². The molecule has 0 bridgehead atoms. The van der Waals surface area contributed by atoms with Gasteiger partial charge in [0.1, 0.15) is 5.75 Å². The molecule has 0 spiro atoms. The first-order valence-corrected chi connectivity index (χ1v) is 5.94. The Hall–Kier alpha value is -1.74. The van der Waals surface area contributed by atoms with Crippen LogP contribution in [0.2, 0.25) is 0 Å². The van der Waals surface area contributed by atoms with Crippen LogP contribution in [0.4, 0.5) is 0 Å². The quantitative estimate of drug-likeness (QED) is 0.854. The van der Waals surface area contributed by atoms with Crippen LogP contribution in [0.3, 0.4) is 0 Å². The third-order valence-corrected chi connectivity index (χ3v) is 3.24. The predicted octanol–water partition coefficient (Wildman–Crippen LogP) is 2.48. The zero-order chi connectivity index (χ0) is 11.7. The van der Waals surface area contributed by atoms with Crippen molar-refractivity contribution in [3.8, 4) is 5.75 Å². The van der Waals surface area contributed by atoms with Crippen LogP contribution in [0.15, 0.2) is 36.5 Å². The molecule has 1 aromatic heterocycles. The highest BCUT2D eigenvalue weighted by Crippen LogP contribution is 2.30. The largest absolute Gasteiger partial charge is 0.494 e. The van der Waals surface area contributed by atoms with Crippen molar-refractivity contribution < 1.29 is 4.74 Å². The van der Waals surface area contributed by atoms with E-state index in [0.29, 0.717) is 0 Å². The fourth-order valence-corrected chi connectivity index (χ4v) is 2.38. The van der Waals surface area contributed by atoms with Crippen LogP contribution in [0.5, 0.6) is 5.75 Å². The van der Waals surface area contributed by atoms with Crippen LogP contribution >= 0.6 is 0 Å². The van der Waals surface area contributed by atoms with Crippen LogP contribution in [-0.4, -0.2) is 24.8 Å². The van der Waals surface area contributed by atoms with E-state index in [1.54, 1.807) is 7.11 Å². The van der Waals surface area contributed by atoms with E-state index in [4.69, 9.17) is 4.74 Å². The molecular formula is C14H16N2O. The minimum atomic E-state index is 0.944. The molecule has 0 amide bonds. The van der Waals surface area contributed by atoms with Crippen molar-refractivity contribution in [1.82, 2.24) is 9.88 Å². The van der Waals surface area contributed by atoms with Gasteiger partial charge in [0.2, 0.25) is 0 Å². The van der Waals surface area contributed by atoms with E-state index in [1.165, 1.54) is 16.6 Å². The molecule has 1 aliphatic rings. The van der Waals surface area contributed by atoms with E-state index in [2.05, 4.69) is 40.4 Å². The Morgan fingerprint density at radius 1 is 1.29 bits per heavy atom. The molecule has 3 rings (SSSR count). The molecule has 2 heterocycles. The third kappa shape index (κ3) is 1.72. The highest BCUT2D eigenvalue weighted by atomic mass is 16.5. The van der Waals surface area contributed by atoms with Crippen LogP contribution in [-0.2, 0) is 0 Å². The summed E-state index contributed by atoms with van der Waals surface area (Å²) < 4.78 is 7.68. The lowest BCUT2D eigenvalue weighted by Crippen LogP contribution is -2.21. The first kappa shape index (κ1) is 10.4. The second-order valence-corrected chi connectivity index (χ2v) is 4.23. The molecule has 0 fully saturated rings. The number of para-hydroxylation sites is 1. The molecule has 0 radical (unpaired) electrons. The van der Waals surface area contributed by atoms with Gasteiger partial charge in [-0.1, -0.05) is 18.2 Å². The Kier molecular flexibility index (Phi) is 2.61. The molecule has 1 aliphatic heterocycles. The third-order valence-electron chi connectivity index (χ3n) is 3.24. The average Bonchev–Trinajstić information content (AvgIpc) is 2.78. The first-order chi connectivity index (χ1) is 8.40. The zero-order valence-electron chi connectivity index (χ0n) is 9.94. The topological polar surface area (TPSA) is 26.2 Å². The fraction of sp³-hybridized carbons (Fsp3) is 0.286. The van der Waals surface area contributed by atoms with Crippen molar-refractivity contribution in [1.29, 1.82) is 0 Å². The molecule has 0 aliphatic carbocycles. The molecule has 88 valence electrons. The normalized spacial score (nSPS) is 15.9. The molecule has 3 heteroatoms. The number of hydrogen-bond acceptors (Lipinski definition) is 2. The highest BCUT2D eigenvalue weighted by Gasteiger charge is 2.12. The second-order valence-electron chi connectivity index (χ2n) is 4.23. The van der Waals surface area contributed by atoms with Gasteiger partial charge in [0.25, 0.3) is 0 Å². The Morgan fingerprint density at radius 2 is 2.18 bits per heavy atom. The number of hydrogen-bond donors (Lipinski definition) is 1. The minimum absolute atomic E-state index is 0.944. The molecule has 0 saturated heterocycles. The summed E-state index contributed by atoms with van der Waals surface area (Å²) >= 11 is 0.